The molecule has 0 bridgehead atoms. The van der Waals surface area contributed by atoms with E-state index in [1.807, 2.05) is 0 Å². The van der Waals surface area contributed by atoms with Crippen molar-refractivity contribution in [3.63, 3.8) is 0 Å². The third-order valence-electron chi connectivity index (χ3n) is 6.81. The summed E-state index contributed by atoms with van der Waals surface area (Å²) in [4.78, 5) is 0. The summed E-state index contributed by atoms with van der Waals surface area (Å²) in [6.45, 7) is 6.74. The van der Waals surface area contributed by atoms with Crippen molar-refractivity contribution in [3.05, 3.63) is 106 Å². The van der Waals surface area contributed by atoms with Gasteiger partial charge in [0, 0.05) is 0 Å². The quantitative estimate of drug-likeness (QED) is 0.327. The molecule has 0 amide bonds. The smallest absolute Gasteiger partial charge is 0.111 e. The predicted octanol–water partition coefficient (Wildman–Crippen LogP) is 9.26. The van der Waals surface area contributed by atoms with E-state index >= 15 is 0 Å². The van der Waals surface area contributed by atoms with Crippen LogP contribution in [-0.2, 0) is 8.16 Å². The number of rotatable bonds is 5. The minimum atomic E-state index is -0.0256. The molecule has 4 heteroatoms. The Kier molecular flexibility index (Phi) is 7.70. The summed E-state index contributed by atoms with van der Waals surface area (Å²) in [7, 11) is 0. The third-order valence-corrected chi connectivity index (χ3v) is 13.7. The number of aryl methyl sites for hydroxylation is 1. The summed E-state index contributed by atoms with van der Waals surface area (Å²) in [5.41, 5.74) is 8.54. The van der Waals surface area contributed by atoms with Gasteiger partial charge in [-0.05, 0) is 76.5 Å². The molecular formula is C30H34S4. The van der Waals surface area contributed by atoms with E-state index in [1.54, 1.807) is 0 Å². The van der Waals surface area contributed by atoms with E-state index in [4.69, 9.17) is 0 Å². The average Bonchev–Trinajstić information content (AvgIpc) is 2.90. The van der Waals surface area contributed by atoms with Gasteiger partial charge in [-0.2, -0.15) is 0 Å². The normalized spacial score (nSPS) is 19.8. The van der Waals surface area contributed by atoms with Gasteiger partial charge in [-0.25, -0.2) is 0 Å². The Labute approximate surface area is 222 Å². The predicted molar refractivity (Wildman–Crippen MR) is 159 cm³/mol. The maximum absolute atomic E-state index is 2.55. The summed E-state index contributed by atoms with van der Waals surface area (Å²) in [5.74, 6) is 5.44. The van der Waals surface area contributed by atoms with E-state index in [2.05, 4.69) is 141 Å². The van der Waals surface area contributed by atoms with Gasteiger partial charge < -0.3 is 0 Å². The van der Waals surface area contributed by atoms with Crippen molar-refractivity contribution in [1.82, 2.24) is 0 Å². The van der Waals surface area contributed by atoms with Crippen LogP contribution < -0.4 is 0 Å². The van der Waals surface area contributed by atoms with Crippen LogP contribution in [-0.4, -0.2) is 23.0 Å². The van der Waals surface area contributed by atoms with Gasteiger partial charge in [0.05, 0.1) is 0 Å². The van der Waals surface area contributed by atoms with Gasteiger partial charge in [-0.15, -0.1) is 47.0 Å². The van der Waals surface area contributed by atoms with Crippen molar-refractivity contribution in [2.75, 3.05) is 23.0 Å². The molecule has 2 fully saturated rings. The molecule has 34 heavy (non-hydrogen) atoms. The molecule has 0 unspecified atom stereocenters. The van der Waals surface area contributed by atoms with Crippen molar-refractivity contribution in [2.24, 2.45) is 0 Å². The summed E-state index contributed by atoms with van der Waals surface area (Å²) >= 11 is 8.52. The van der Waals surface area contributed by atoms with Gasteiger partial charge >= 0.3 is 0 Å². The summed E-state index contributed by atoms with van der Waals surface area (Å²) in [5, 5.41) is 0. The summed E-state index contributed by atoms with van der Waals surface area (Å²) in [6, 6.07) is 28.4. The first kappa shape index (κ1) is 24.7. The van der Waals surface area contributed by atoms with Crippen molar-refractivity contribution in [2.45, 2.75) is 47.7 Å². The van der Waals surface area contributed by atoms with Crippen LogP contribution in [0.25, 0.3) is 0 Å². The minimum Gasteiger partial charge on any atom is -0.135 e. The molecule has 2 heterocycles. The lowest BCUT2D eigenvalue weighted by Gasteiger charge is -2.40. The lowest BCUT2D eigenvalue weighted by atomic mass is 9.95. The number of benzene rings is 3. The van der Waals surface area contributed by atoms with Crippen LogP contribution >= 0.6 is 47.0 Å². The van der Waals surface area contributed by atoms with Crippen LogP contribution in [0.15, 0.2) is 72.8 Å². The van der Waals surface area contributed by atoms with Gasteiger partial charge in [-0.3, -0.25) is 0 Å². The zero-order valence-corrected chi connectivity index (χ0v) is 23.6. The van der Waals surface area contributed by atoms with Crippen molar-refractivity contribution in [1.29, 1.82) is 0 Å². The SMILES string of the molecule is Cc1ccc(C2(c3cccc(C4(c5ccc(C(C)C)cc5)SCCCS4)c3)SCCCS2)cc1. The fraction of sp³-hybridized carbons (Fsp3) is 0.400. The van der Waals surface area contributed by atoms with Crippen LogP contribution in [0.5, 0.6) is 0 Å². The van der Waals surface area contributed by atoms with Crippen LogP contribution in [0.3, 0.4) is 0 Å². The van der Waals surface area contributed by atoms with Gasteiger partial charge in [0.15, 0.2) is 0 Å². The van der Waals surface area contributed by atoms with Crippen molar-refractivity contribution in [3.8, 4) is 0 Å². The highest BCUT2D eigenvalue weighted by atomic mass is 32.2. The molecule has 3 aromatic carbocycles. The van der Waals surface area contributed by atoms with Gasteiger partial charge in [-0.1, -0.05) is 92.2 Å². The van der Waals surface area contributed by atoms with Crippen molar-refractivity contribution >= 4 is 47.0 Å². The van der Waals surface area contributed by atoms with Crippen LogP contribution in [0.2, 0.25) is 0 Å². The zero-order chi connectivity index (χ0) is 23.6. The Bertz CT molecular complexity index is 1090. The molecule has 178 valence electrons. The van der Waals surface area contributed by atoms with Crippen LogP contribution in [0.4, 0.5) is 0 Å². The molecule has 3 aromatic rings. The Hall–Kier alpha value is -0.940. The third kappa shape index (κ3) is 4.73. The zero-order valence-electron chi connectivity index (χ0n) is 20.4. The van der Waals surface area contributed by atoms with Crippen LogP contribution in [0.1, 0.15) is 66.0 Å². The highest BCUT2D eigenvalue weighted by molar-refractivity contribution is 8.18. The lowest BCUT2D eigenvalue weighted by Crippen LogP contribution is -2.27. The Balaban J connectivity index is 1.61. The fourth-order valence-electron chi connectivity index (χ4n) is 4.85. The summed E-state index contributed by atoms with van der Waals surface area (Å²) in [6.07, 6.45) is 2.58. The molecular weight excluding hydrogens is 489 g/mol. The molecule has 0 nitrogen and oxygen atoms in total. The first-order chi connectivity index (χ1) is 16.5. The fourth-order valence-corrected chi connectivity index (χ4v) is 11.6. The first-order valence-corrected chi connectivity index (χ1v) is 16.3. The highest BCUT2D eigenvalue weighted by Gasteiger charge is 2.41. The number of thioether (sulfide) groups is 4. The number of hydrogen-bond donors (Lipinski definition) is 0. The van der Waals surface area contributed by atoms with Crippen molar-refractivity contribution < 1.29 is 0 Å². The maximum Gasteiger partial charge on any atom is 0.111 e. The van der Waals surface area contributed by atoms with E-state index < -0.39 is 0 Å². The Morgan fingerprint density at radius 2 is 1.03 bits per heavy atom. The molecule has 0 N–H and O–H groups in total. The van der Waals surface area contributed by atoms with Crippen LogP contribution in [0, 0.1) is 6.92 Å². The topological polar surface area (TPSA) is 0 Å². The standard InChI is InChI=1S/C30H34S4/c1-22(2)24-11-15-26(16-12-24)30(33-19-6-20-34-30)28-8-4-7-27(21-28)29(31-17-5-18-32-29)25-13-9-23(3)10-14-25/h4,7-16,21-22H,5-6,17-20H2,1-3H3. The first-order valence-electron chi connectivity index (χ1n) is 12.4. The van der Waals surface area contributed by atoms with E-state index in [0.717, 1.165) is 0 Å². The molecule has 0 radical (unpaired) electrons. The second kappa shape index (κ2) is 10.6. The molecule has 0 aliphatic carbocycles. The number of hydrogen-bond acceptors (Lipinski definition) is 4. The minimum absolute atomic E-state index is 0.0192. The van der Waals surface area contributed by atoms with Gasteiger partial charge in [0.1, 0.15) is 8.16 Å². The monoisotopic (exact) mass is 522 g/mol. The molecule has 0 spiro atoms. The highest BCUT2D eigenvalue weighted by Crippen LogP contribution is 2.58. The molecule has 2 aliphatic heterocycles. The Morgan fingerprint density at radius 3 is 1.47 bits per heavy atom. The average molecular weight is 523 g/mol. The van der Waals surface area contributed by atoms with Gasteiger partial charge in [0.2, 0.25) is 0 Å². The second-order valence-electron chi connectivity index (χ2n) is 9.56. The largest absolute Gasteiger partial charge is 0.135 e. The van der Waals surface area contributed by atoms with E-state index in [-0.39, 0.29) is 8.16 Å². The van der Waals surface area contributed by atoms with Gasteiger partial charge in [0.25, 0.3) is 0 Å². The second-order valence-corrected chi connectivity index (χ2v) is 15.3. The summed E-state index contributed by atoms with van der Waals surface area (Å²) < 4.78 is -0.0448. The van der Waals surface area contributed by atoms with E-state index in [9.17, 15) is 0 Å². The molecule has 2 saturated heterocycles. The molecule has 2 aliphatic rings. The maximum atomic E-state index is 2.55. The lowest BCUT2D eigenvalue weighted by molar-refractivity contribution is 0.864. The van der Waals surface area contributed by atoms with E-state index in [0.29, 0.717) is 5.92 Å². The molecule has 5 rings (SSSR count). The molecule has 0 saturated carbocycles. The molecule has 0 atom stereocenters. The Morgan fingerprint density at radius 1 is 0.588 bits per heavy atom. The van der Waals surface area contributed by atoms with E-state index in [1.165, 1.54) is 69.2 Å². The molecule has 0 aromatic heterocycles.